The Morgan fingerprint density at radius 2 is 1.90 bits per heavy atom. The zero-order valence-electron chi connectivity index (χ0n) is 13.9. The third-order valence-electron chi connectivity index (χ3n) is 5.36. The van der Waals surface area contributed by atoms with E-state index in [1.807, 2.05) is 0 Å². The van der Waals surface area contributed by atoms with Crippen molar-refractivity contribution in [1.29, 1.82) is 0 Å². The fraction of sp³-hybridized carbons (Fsp3) is 1.00. The van der Waals surface area contributed by atoms with Gasteiger partial charge in [0, 0.05) is 13.2 Å². The largest absolute Gasteiger partial charge is 0.395 e. The van der Waals surface area contributed by atoms with Gasteiger partial charge in [-0.25, -0.2) is 0 Å². The minimum atomic E-state index is -1.97. The average Bonchev–Trinajstić information content (AvgIpc) is 3.12. The minimum absolute atomic E-state index is 0.275. The zero-order chi connectivity index (χ0) is 14.8. The van der Waals surface area contributed by atoms with Gasteiger partial charge in [0.15, 0.2) is 0 Å². The van der Waals surface area contributed by atoms with Gasteiger partial charge in [0.05, 0.1) is 11.7 Å². The zero-order valence-corrected chi connectivity index (χ0v) is 14.9. The molecule has 4 unspecified atom stereocenters. The molecule has 0 amide bonds. The molecule has 2 rings (SSSR count). The van der Waals surface area contributed by atoms with Crippen molar-refractivity contribution in [2.75, 3.05) is 13.2 Å². The number of rotatable bonds is 8. The second kappa shape index (κ2) is 6.47. The monoisotopic (exact) mass is 300 g/mol. The summed E-state index contributed by atoms with van der Waals surface area (Å²) in [5.74, 6) is 1.47. The highest BCUT2D eigenvalue weighted by Gasteiger charge is 2.58. The van der Waals surface area contributed by atoms with Crippen LogP contribution in [0.1, 0.15) is 53.4 Å². The Balaban J connectivity index is 1.86. The van der Waals surface area contributed by atoms with Crippen molar-refractivity contribution in [3.8, 4) is 0 Å². The van der Waals surface area contributed by atoms with Gasteiger partial charge >= 0.3 is 8.56 Å². The third-order valence-corrected chi connectivity index (χ3v) is 8.54. The van der Waals surface area contributed by atoms with Crippen LogP contribution in [0.25, 0.3) is 0 Å². The smallest absolute Gasteiger partial charge is 0.335 e. The molecule has 3 nitrogen and oxygen atoms in total. The van der Waals surface area contributed by atoms with Gasteiger partial charge in [0.2, 0.25) is 0 Å². The molecule has 0 aromatic rings. The molecule has 20 heavy (non-hydrogen) atoms. The molecular weight excluding hydrogens is 268 g/mol. The SMILES string of the molecule is CCO[Si](C)(CC(C)C1CCC2(CC)OC2C1)OCC. The van der Waals surface area contributed by atoms with Gasteiger partial charge in [-0.15, -0.1) is 0 Å². The lowest BCUT2D eigenvalue weighted by Gasteiger charge is -2.34. The summed E-state index contributed by atoms with van der Waals surface area (Å²) in [7, 11) is -1.97. The Kier molecular flexibility index (Phi) is 5.33. The summed E-state index contributed by atoms with van der Waals surface area (Å²) in [5.41, 5.74) is 0.275. The molecule has 0 aromatic carbocycles. The third kappa shape index (κ3) is 3.46. The molecule has 118 valence electrons. The lowest BCUT2D eigenvalue weighted by molar-refractivity contribution is 0.173. The Bertz CT molecular complexity index is 317. The topological polar surface area (TPSA) is 31.0 Å². The van der Waals surface area contributed by atoms with Crippen LogP contribution in [0.5, 0.6) is 0 Å². The maximum absolute atomic E-state index is 6.00. The van der Waals surface area contributed by atoms with Crippen LogP contribution in [0.3, 0.4) is 0 Å². The van der Waals surface area contributed by atoms with Crippen LogP contribution < -0.4 is 0 Å². The van der Waals surface area contributed by atoms with Crippen molar-refractivity contribution in [3.63, 3.8) is 0 Å². The van der Waals surface area contributed by atoms with E-state index in [0.717, 1.165) is 25.2 Å². The molecule has 1 saturated heterocycles. The van der Waals surface area contributed by atoms with Crippen molar-refractivity contribution < 1.29 is 13.6 Å². The normalized spacial score (nSPS) is 34.6. The van der Waals surface area contributed by atoms with Crippen LogP contribution in [0, 0.1) is 11.8 Å². The molecule has 0 spiro atoms. The molecule has 1 saturated carbocycles. The molecule has 0 bridgehead atoms. The molecule has 1 aliphatic carbocycles. The van der Waals surface area contributed by atoms with Gasteiger partial charge < -0.3 is 13.6 Å². The van der Waals surface area contributed by atoms with Crippen molar-refractivity contribution in [2.45, 2.75) is 77.7 Å². The van der Waals surface area contributed by atoms with Crippen LogP contribution in [-0.4, -0.2) is 33.5 Å². The molecule has 2 fully saturated rings. The fourth-order valence-electron chi connectivity index (χ4n) is 4.08. The highest BCUT2D eigenvalue weighted by atomic mass is 28.4. The van der Waals surface area contributed by atoms with E-state index < -0.39 is 8.56 Å². The van der Waals surface area contributed by atoms with Crippen LogP contribution in [0.2, 0.25) is 12.6 Å². The summed E-state index contributed by atoms with van der Waals surface area (Å²) in [4.78, 5) is 0. The van der Waals surface area contributed by atoms with Gasteiger partial charge in [-0.2, -0.15) is 0 Å². The predicted molar refractivity (Wildman–Crippen MR) is 84.1 cm³/mol. The molecule has 0 aromatic heterocycles. The molecule has 1 aliphatic heterocycles. The Labute approximate surface area is 125 Å². The standard InChI is InChI=1S/C16H32O3Si/c1-6-16-10-9-14(11-15(16)19-16)13(4)12-20(5,17-7-2)18-8-3/h13-15H,6-12H2,1-5H3. The van der Waals surface area contributed by atoms with E-state index in [4.69, 9.17) is 13.6 Å². The van der Waals surface area contributed by atoms with Crippen molar-refractivity contribution in [3.05, 3.63) is 0 Å². The second-order valence-electron chi connectivity index (χ2n) is 6.74. The molecular formula is C16H32O3Si. The highest BCUT2D eigenvalue weighted by molar-refractivity contribution is 6.66. The van der Waals surface area contributed by atoms with Gasteiger partial charge in [-0.3, -0.25) is 0 Å². The highest BCUT2D eigenvalue weighted by Crippen LogP contribution is 2.53. The number of ether oxygens (including phenoxy) is 1. The first kappa shape index (κ1) is 16.5. The van der Waals surface area contributed by atoms with E-state index in [1.165, 1.54) is 25.7 Å². The van der Waals surface area contributed by atoms with Crippen LogP contribution in [0.15, 0.2) is 0 Å². The molecule has 4 heteroatoms. The predicted octanol–water partition coefficient (Wildman–Crippen LogP) is 4.12. The molecule has 0 radical (unpaired) electrons. The van der Waals surface area contributed by atoms with Gasteiger partial charge in [0.1, 0.15) is 0 Å². The summed E-state index contributed by atoms with van der Waals surface area (Å²) in [6, 6.07) is 1.12. The van der Waals surface area contributed by atoms with E-state index in [9.17, 15) is 0 Å². The van der Waals surface area contributed by atoms with Gasteiger partial charge in [-0.1, -0.05) is 13.8 Å². The summed E-state index contributed by atoms with van der Waals surface area (Å²) in [5, 5.41) is 0. The summed E-state index contributed by atoms with van der Waals surface area (Å²) in [6.07, 6.45) is 5.54. The number of hydrogen-bond acceptors (Lipinski definition) is 3. The van der Waals surface area contributed by atoms with Gasteiger partial charge in [0.25, 0.3) is 0 Å². The maximum atomic E-state index is 6.00. The second-order valence-corrected chi connectivity index (χ2v) is 9.99. The minimum Gasteiger partial charge on any atom is -0.395 e. The molecule has 4 atom stereocenters. The van der Waals surface area contributed by atoms with E-state index in [2.05, 4.69) is 34.2 Å². The van der Waals surface area contributed by atoms with Crippen molar-refractivity contribution in [2.24, 2.45) is 11.8 Å². The number of epoxide rings is 1. The number of fused-ring (bicyclic) bond motifs is 1. The van der Waals surface area contributed by atoms with E-state index in [0.29, 0.717) is 12.0 Å². The summed E-state index contributed by atoms with van der Waals surface area (Å²) >= 11 is 0. The van der Waals surface area contributed by atoms with E-state index in [-0.39, 0.29) is 5.60 Å². The van der Waals surface area contributed by atoms with Crippen LogP contribution in [-0.2, 0) is 13.6 Å². The first-order valence-corrected chi connectivity index (χ1v) is 11.0. The first-order valence-electron chi connectivity index (χ1n) is 8.44. The molecule has 2 aliphatic rings. The summed E-state index contributed by atoms with van der Waals surface area (Å²) < 4.78 is 18.0. The van der Waals surface area contributed by atoms with Crippen molar-refractivity contribution in [1.82, 2.24) is 0 Å². The fourth-order valence-corrected chi connectivity index (χ4v) is 7.12. The maximum Gasteiger partial charge on any atom is 0.335 e. The Hall–Kier alpha value is 0.0969. The van der Waals surface area contributed by atoms with Gasteiger partial charge in [-0.05, 0) is 64.0 Å². The lowest BCUT2D eigenvalue weighted by Crippen LogP contribution is -2.42. The van der Waals surface area contributed by atoms with Crippen molar-refractivity contribution >= 4 is 8.56 Å². The van der Waals surface area contributed by atoms with Crippen LogP contribution in [0.4, 0.5) is 0 Å². The van der Waals surface area contributed by atoms with E-state index >= 15 is 0 Å². The first-order chi connectivity index (χ1) is 9.48. The average molecular weight is 301 g/mol. The number of hydrogen-bond donors (Lipinski definition) is 0. The Morgan fingerprint density at radius 1 is 1.25 bits per heavy atom. The van der Waals surface area contributed by atoms with Crippen LogP contribution >= 0.6 is 0 Å². The Morgan fingerprint density at radius 3 is 2.40 bits per heavy atom. The quantitative estimate of drug-likeness (QED) is 0.499. The molecule has 1 heterocycles. The lowest BCUT2D eigenvalue weighted by atomic mass is 9.76. The van der Waals surface area contributed by atoms with E-state index in [1.54, 1.807) is 0 Å². The molecule has 0 N–H and O–H groups in total. The summed E-state index contributed by atoms with van der Waals surface area (Å²) in [6.45, 7) is 12.6.